The van der Waals surface area contributed by atoms with Gasteiger partial charge in [-0.2, -0.15) is 0 Å². The van der Waals surface area contributed by atoms with E-state index in [2.05, 4.69) is 10.0 Å². The highest BCUT2D eigenvalue weighted by Gasteiger charge is 2.17. The standard InChI is InChI=1S/C36H39F2N3O7S/c1-25-33(40-49(2,45)46)9-4-10-34(25)41(24-27-15-16-28(37)21-32(27)38)23-26-13-17-29(18-14-26)48-31-8-3-7-30(22-31)47-20-6-11-35(42)39-19-5-12-36(43)44/h3-4,7-10,13-18,21-22,40H,5-6,11-12,19-20,23-24H2,1-2H3,(H,39,42)(H,43,44). The Morgan fingerprint density at radius 2 is 1.59 bits per heavy atom. The maximum absolute atomic E-state index is 14.7. The van der Waals surface area contributed by atoms with Gasteiger partial charge in [-0.3, -0.25) is 14.3 Å². The minimum atomic E-state index is -3.54. The van der Waals surface area contributed by atoms with E-state index in [1.54, 1.807) is 55.5 Å². The molecular formula is C36H39F2N3O7S. The van der Waals surface area contributed by atoms with Crippen LogP contribution in [0.3, 0.4) is 0 Å². The number of anilines is 2. The molecule has 3 N–H and O–H groups in total. The van der Waals surface area contributed by atoms with Crippen LogP contribution in [0.25, 0.3) is 0 Å². The molecule has 0 unspecified atom stereocenters. The Labute approximate surface area is 284 Å². The van der Waals surface area contributed by atoms with Gasteiger partial charge in [0.05, 0.1) is 18.6 Å². The molecule has 0 heterocycles. The van der Waals surface area contributed by atoms with Crippen LogP contribution < -0.4 is 24.4 Å². The van der Waals surface area contributed by atoms with Crippen molar-refractivity contribution in [2.45, 2.75) is 45.7 Å². The Kier molecular flexibility index (Phi) is 12.9. The van der Waals surface area contributed by atoms with Crippen LogP contribution in [0.5, 0.6) is 17.2 Å². The Morgan fingerprint density at radius 1 is 0.857 bits per heavy atom. The smallest absolute Gasteiger partial charge is 0.303 e. The molecule has 0 fully saturated rings. The molecule has 0 aliphatic carbocycles. The van der Waals surface area contributed by atoms with Crippen molar-refractivity contribution in [2.24, 2.45) is 0 Å². The van der Waals surface area contributed by atoms with Gasteiger partial charge in [0.25, 0.3) is 0 Å². The fourth-order valence-electron chi connectivity index (χ4n) is 4.98. The Bertz CT molecular complexity index is 1850. The third-order valence-corrected chi connectivity index (χ3v) is 7.95. The molecule has 0 bridgehead atoms. The van der Waals surface area contributed by atoms with Crippen molar-refractivity contribution in [1.82, 2.24) is 5.32 Å². The second-order valence-corrected chi connectivity index (χ2v) is 13.2. The molecule has 260 valence electrons. The van der Waals surface area contributed by atoms with Gasteiger partial charge in [0.1, 0.15) is 28.9 Å². The first-order chi connectivity index (χ1) is 23.4. The van der Waals surface area contributed by atoms with E-state index >= 15 is 0 Å². The number of carbonyl (C=O) groups is 2. The number of carbonyl (C=O) groups excluding carboxylic acids is 1. The molecule has 0 aliphatic heterocycles. The second-order valence-electron chi connectivity index (χ2n) is 11.4. The fraction of sp³-hybridized carbons (Fsp3) is 0.278. The summed E-state index contributed by atoms with van der Waals surface area (Å²) in [4.78, 5) is 24.3. The zero-order valence-electron chi connectivity index (χ0n) is 27.2. The molecule has 4 rings (SSSR count). The lowest BCUT2D eigenvalue weighted by Gasteiger charge is -2.28. The highest BCUT2D eigenvalue weighted by molar-refractivity contribution is 7.92. The normalized spacial score (nSPS) is 11.1. The molecule has 0 aliphatic rings. The van der Waals surface area contributed by atoms with Gasteiger partial charge >= 0.3 is 5.97 Å². The predicted octanol–water partition coefficient (Wildman–Crippen LogP) is 6.78. The lowest BCUT2D eigenvalue weighted by molar-refractivity contribution is -0.137. The quantitative estimate of drug-likeness (QED) is 0.0970. The SMILES string of the molecule is Cc1c(NS(C)(=O)=O)cccc1N(Cc1ccc(Oc2cccc(OCCCC(=O)NCCCC(=O)O)c2)cc1)Cc1ccc(F)cc1F. The minimum Gasteiger partial charge on any atom is -0.493 e. The lowest BCUT2D eigenvalue weighted by Crippen LogP contribution is -2.25. The summed E-state index contributed by atoms with van der Waals surface area (Å²) in [5.74, 6) is -0.738. The molecule has 4 aromatic rings. The molecule has 0 atom stereocenters. The second kappa shape index (κ2) is 17.3. The minimum absolute atomic E-state index is 0.00889. The summed E-state index contributed by atoms with van der Waals surface area (Å²) < 4.78 is 66.6. The summed E-state index contributed by atoms with van der Waals surface area (Å²) in [7, 11) is -3.54. The van der Waals surface area contributed by atoms with E-state index in [9.17, 15) is 26.8 Å². The number of hydrogen-bond donors (Lipinski definition) is 3. The molecule has 10 nitrogen and oxygen atoms in total. The van der Waals surface area contributed by atoms with Crippen LogP contribution in [-0.2, 0) is 32.7 Å². The van der Waals surface area contributed by atoms with Gasteiger partial charge in [-0.25, -0.2) is 17.2 Å². The van der Waals surface area contributed by atoms with Crippen LogP contribution in [0, 0.1) is 18.6 Å². The van der Waals surface area contributed by atoms with Crippen LogP contribution in [0.2, 0.25) is 0 Å². The summed E-state index contributed by atoms with van der Waals surface area (Å²) in [6.07, 6.45) is 2.20. The number of hydrogen-bond acceptors (Lipinski definition) is 7. The topological polar surface area (TPSA) is 134 Å². The lowest BCUT2D eigenvalue weighted by atomic mass is 10.1. The molecule has 13 heteroatoms. The molecular weight excluding hydrogens is 656 g/mol. The number of carboxylic acids is 1. The molecule has 0 saturated heterocycles. The summed E-state index contributed by atoms with van der Waals surface area (Å²) in [5.41, 5.74) is 2.86. The first kappa shape index (κ1) is 36.7. The molecule has 0 radical (unpaired) electrons. The molecule has 0 spiro atoms. The van der Waals surface area contributed by atoms with E-state index in [1.807, 2.05) is 23.1 Å². The van der Waals surface area contributed by atoms with Crippen LogP contribution in [0.1, 0.15) is 42.4 Å². The molecule has 0 saturated carbocycles. The number of rotatable bonds is 18. The van der Waals surface area contributed by atoms with Gasteiger partial charge in [0.15, 0.2) is 0 Å². The summed E-state index contributed by atoms with van der Waals surface area (Å²) in [6.45, 7) is 2.82. The van der Waals surface area contributed by atoms with Crippen LogP contribution in [0.15, 0.2) is 84.9 Å². The number of carboxylic acid groups (broad SMARTS) is 1. The monoisotopic (exact) mass is 695 g/mol. The van der Waals surface area contributed by atoms with Crippen molar-refractivity contribution in [1.29, 1.82) is 0 Å². The number of halogens is 2. The number of nitrogens with zero attached hydrogens (tertiary/aromatic N) is 1. The van der Waals surface area contributed by atoms with E-state index in [-0.39, 0.29) is 30.9 Å². The average Bonchev–Trinajstić information content (AvgIpc) is 3.04. The summed E-state index contributed by atoms with van der Waals surface area (Å²) in [5, 5.41) is 11.4. The van der Waals surface area contributed by atoms with Crippen molar-refractivity contribution in [3.8, 4) is 17.2 Å². The van der Waals surface area contributed by atoms with Crippen molar-refractivity contribution in [3.05, 3.63) is 113 Å². The molecule has 4 aromatic carbocycles. The van der Waals surface area contributed by atoms with Gasteiger partial charge in [-0.05, 0) is 73.4 Å². The van der Waals surface area contributed by atoms with E-state index in [4.69, 9.17) is 14.6 Å². The van der Waals surface area contributed by atoms with Gasteiger partial charge in [0, 0.05) is 55.9 Å². The zero-order chi connectivity index (χ0) is 35.4. The summed E-state index contributed by atoms with van der Waals surface area (Å²) in [6, 6.07) is 23.0. The van der Waals surface area contributed by atoms with Gasteiger partial charge in [-0.1, -0.05) is 30.3 Å². The number of ether oxygens (including phenoxy) is 2. The predicted molar refractivity (Wildman–Crippen MR) is 183 cm³/mol. The highest BCUT2D eigenvalue weighted by atomic mass is 32.2. The molecule has 1 amide bonds. The van der Waals surface area contributed by atoms with Crippen molar-refractivity contribution in [3.63, 3.8) is 0 Å². The number of benzene rings is 4. The van der Waals surface area contributed by atoms with Gasteiger partial charge in [-0.15, -0.1) is 0 Å². The summed E-state index contributed by atoms with van der Waals surface area (Å²) >= 11 is 0. The Hall–Kier alpha value is -5.17. The third-order valence-electron chi connectivity index (χ3n) is 7.36. The first-order valence-corrected chi connectivity index (χ1v) is 17.5. The van der Waals surface area contributed by atoms with Crippen LogP contribution >= 0.6 is 0 Å². The zero-order valence-corrected chi connectivity index (χ0v) is 28.1. The molecule has 0 aromatic heterocycles. The maximum atomic E-state index is 14.7. The largest absolute Gasteiger partial charge is 0.493 e. The van der Waals surface area contributed by atoms with Gasteiger partial charge < -0.3 is 24.8 Å². The number of amides is 1. The van der Waals surface area contributed by atoms with Gasteiger partial charge in [0.2, 0.25) is 15.9 Å². The Balaban J connectivity index is 1.39. The van der Waals surface area contributed by atoms with E-state index in [0.29, 0.717) is 66.7 Å². The van der Waals surface area contributed by atoms with E-state index in [1.165, 1.54) is 12.1 Å². The maximum Gasteiger partial charge on any atom is 0.303 e. The van der Waals surface area contributed by atoms with Crippen LogP contribution in [-0.4, -0.2) is 44.8 Å². The van der Waals surface area contributed by atoms with Crippen LogP contribution in [0.4, 0.5) is 20.2 Å². The number of aliphatic carboxylic acids is 1. The van der Waals surface area contributed by atoms with Crippen molar-refractivity contribution in [2.75, 3.05) is 29.0 Å². The number of sulfonamides is 1. The average molecular weight is 696 g/mol. The third kappa shape index (κ3) is 12.1. The number of nitrogens with one attached hydrogen (secondary N) is 2. The van der Waals surface area contributed by atoms with E-state index < -0.39 is 27.6 Å². The van der Waals surface area contributed by atoms with E-state index in [0.717, 1.165) is 17.9 Å². The van der Waals surface area contributed by atoms with Crippen molar-refractivity contribution < 1.29 is 41.4 Å². The fourth-order valence-corrected chi connectivity index (χ4v) is 5.60. The highest BCUT2D eigenvalue weighted by Crippen LogP contribution is 2.31. The Morgan fingerprint density at radius 3 is 2.31 bits per heavy atom. The molecule has 49 heavy (non-hydrogen) atoms. The van der Waals surface area contributed by atoms with Crippen molar-refractivity contribution >= 4 is 33.3 Å². The first-order valence-electron chi connectivity index (χ1n) is 15.6.